The second-order valence-corrected chi connectivity index (χ2v) is 10.5. The number of para-hydroxylation sites is 2. The number of anilines is 2. The monoisotopic (exact) mass is 615 g/mol. The third-order valence-electron chi connectivity index (χ3n) is 7.56. The van der Waals surface area contributed by atoms with E-state index in [0.717, 1.165) is 33.8 Å². The number of nitrogens with zero attached hydrogens (tertiary/aromatic N) is 2. The molecule has 2 aromatic heterocycles. The van der Waals surface area contributed by atoms with Gasteiger partial charge in [0, 0.05) is 45.8 Å². The van der Waals surface area contributed by atoms with Crippen LogP contribution in [-0.2, 0) is 0 Å². The van der Waals surface area contributed by atoms with Crippen LogP contribution in [-0.4, -0.2) is 9.55 Å². The summed E-state index contributed by atoms with van der Waals surface area (Å²) >= 11 is 0. The van der Waals surface area contributed by atoms with Gasteiger partial charge in [0.2, 0.25) is 0 Å². The van der Waals surface area contributed by atoms with Gasteiger partial charge in [0.1, 0.15) is 0 Å². The number of hydrogen-bond acceptors (Lipinski definition) is 2. The van der Waals surface area contributed by atoms with Crippen molar-refractivity contribution in [3.05, 3.63) is 165 Å². The molecule has 2 heterocycles. The zero-order valence-electron chi connectivity index (χ0n) is 28.2. The van der Waals surface area contributed by atoms with Crippen LogP contribution in [0.25, 0.3) is 55.5 Å². The van der Waals surface area contributed by atoms with E-state index in [0.29, 0.717) is 0 Å². The molecule has 0 bridgehead atoms. The van der Waals surface area contributed by atoms with Crippen molar-refractivity contribution in [1.29, 1.82) is 0 Å². The summed E-state index contributed by atoms with van der Waals surface area (Å²) in [7, 11) is 0. The van der Waals surface area contributed by atoms with Crippen molar-refractivity contribution in [2.45, 2.75) is 34.6 Å². The molecule has 0 aliphatic rings. The Bertz CT molecular complexity index is 2060. The third-order valence-corrected chi connectivity index (χ3v) is 7.56. The maximum absolute atomic E-state index is 4.27. The van der Waals surface area contributed by atoms with Crippen molar-refractivity contribution < 1.29 is 0 Å². The minimum absolute atomic E-state index is 1.05. The molecule has 0 atom stereocenters. The predicted octanol–water partition coefficient (Wildman–Crippen LogP) is 13.2. The fraction of sp³-hybridized carbons (Fsp3) is 0.114. The number of aromatic nitrogens is 2. The Labute approximate surface area is 280 Å². The molecule has 47 heavy (non-hydrogen) atoms. The molecule has 0 amide bonds. The van der Waals surface area contributed by atoms with Crippen molar-refractivity contribution in [3.8, 4) is 16.8 Å². The number of nitrogens with one attached hydrogen (secondary N) is 1. The molecule has 3 nitrogen and oxygen atoms in total. The summed E-state index contributed by atoms with van der Waals surface area (Å²) in [5.41, 5.74) is 8.99. The lowest BCUT2D eigenvalue weighted by atomic mass is 9.99. The first kappa shape index (κ1) is 34.2. The molecule has 3 heteroatoms. The van der Waals surface area contributed by atoms with Crippen molar-refractivity contribution in [2.75, 3.05) is 5.32 Å². The number of fused-ring (bicyclic) bond motifs is 4. The molecule has 0 fully saturated rings. The summed E-state index contributed by atoms with van der Waals surface area (Å²) in [6.45, 7) is 17.4. The van der Waals surface area contributed by atoms with Crippen LogP contribution in [0, 0.1) is 0 Å². The van der Waals surface area contributed by atoms with Gasteiger partial charge in [-0.1, -0.05) is 105 Å². The van der Waals surface area contributed by atoms with Gasteiger partial charge < -0.3 is 9.88 Å². The molecule has 0 aliphatic carbocycles. The fourth-order valence-corrected chi connectivity index (χ4v) is 5.43. The second kappa shape index (κ2) is 17.1. The number of hydrogen-bond donors (Lipinski definition) is 1. The zero-order chi connectivity index (χ0) is 33.6. The molecule has 5 aromatic carbocycles. The summed E-state index contributed by atoms with van der Waals surface area (Å²) in [6.07, 6.45) is 11.4. The first-order valence-electron chi connectivity index (χ1n) is 16.2. The van der Waals surface area contributed by atoms with E-state index in [1.807, 2.05) is 83.3 Å². The Morgan fingerprint density at radius 3 is 1.96 bits per heavy atom. The van der Waals surface area contributed by atoms with E-state index in [1.54, 1.807) is 12.3 Å². The topological polar surface area (TPSA) is 29.9 Å². The van der Waals surface area contributed by atoms with Crippen LogP contribution >= 0.6 is 0 Å². The fourth-order valence-electron chi connectivity index (χ4n) is 5.43. The number of benzene rings is 5. The number of allylic oxidation sites excluding steroid dienone is 3. The highest BCUT2D eigenvalue weighted by atomic mass is 15.0. The van der Waals surface area contributed by atoms with Gasteiger partial charge in [0.25, 0.3) is 0 Å². The summed E-state index contributed by atoms with van der Waals surface area (Å²) < 4.78 is 2.36. The van der Waals surface area contributed by atoms with Gasteiger partial charge in [-0.3, -0.25) is 4.98 Å². The molecule has 0 spiro atoms. The Morgan fingerprint density at radius 2 is 1.32 bits per heavy atom. The van der Waals surface area contributed by atoms with Gasteiger partial charge in [0.05, 0.1) is 11.0 Å². The molecule has 0 unspecified atom stereocenters. The van der Waals surface area contributed by atoms with E-state index in [1.165, 1.54) is 32.6 Å². The standard InChI is InChI=1S/C35H25N3.C4H8.C3H6.C2H6/c1-2-29-31-22-32-30-12-6-7-13-34(30)38(28-17-14-24(15-18-28)26-9-8-20-36-23-26)35(32)21-25(31)16-19-33(29)37-27-10-4-3-5-11-27;1-3-4-2;1-3-2;1-2/h2-23,37H,1H2;3-4H,1-2H3;3H,1H2,2H3;1-2H3/b;4-3-;;. The van der Waals surface area contributed by atoms with E-state index in [4.69, 9.17) is 0 Å². The molecule has 1 N–H and O–H groups in total. The lowest BCUT2D eigenvalue weighted by molar-refractivity contribution is 1.18. The largest absolute Gasteiger partial charge is 0.355 e. The van der Waals surface area contributed by atoms with Gasteiger partial charge in [-0.15, -0.1) is 6.58 Å². The van der Waals surface area contributed by atoms with Gasteiger partial charge in [0.15, 0.2) is 0 Å². The highest BCUT2D eigenvalue weighted by molar-refractivity contribution is 6.15. The van der Waals surface area contributed by atoms with E-state index in [9.17, 15) is 0 Å². The Kier molecular flexibility index (Phi) is 12.5. The van der Waals surface area contributed by atoms with Crippen LogP contribution in [0.15, 0.2) is 159 Å². The van der Waals surface area contributed by atoms with E-state index >= 15 is 0 Å². The van der Waals surface area contributed by atoms with Crippen LogP contribution < -0.4 is 5.32 Å². The summed E-state index contributed by atoms with van der Waals surface area (Å²) in [5.74, 6) is 0. The minimum Gasteiger partial charge on any atom is -0.355 e. The summed E-state index contributed by atoms with van der Waals surface area (Å²) in [6, 6.07) is 40.7. The second-order valence-electron chi connectivity index (χ2n) is 10.5. The Hall–Kier alpha value is -5.67. The zero-order valence-corrected chi connectivity index (χ0v) is 28.2. The van der Waals surface area contributed by atoms with Crippen LogP contribution in [0.4, 0.5) is 11.4 Å². The third kappa shape index (κ3) is 7.77. The predicted molar refractivity (Wildman–Crippen MR) is 209 cm³/mol. The normalized spacial score (nSPS) is 10.3. The lowest BCUT2D eigenvalue weighted by Gasteiger charge is -2.14. The van der Waals surface area contributed by atoms with Gasteiger partial charge in [-0.05, 0) is 97.3 Å². The van der Waals surface area contributed by atoms with E-state index in [-0.39, 0.29) is 0 Å². The Morgan fingerprint density at radius 1 is 0.638 bits per heavy atom. The molecule has 236 valence electrons. The van der Waals surface area contributed by atoms with Crippen LogP contribution in [0.3, 0.4) is 0 Å². The van der Waals surface area contributed by atoms with Crippen LogP contribution in [0.1, 0.15) is 40.2 Å². The van der Waals surface area contributed by atoms with Crippen molar-refractivity contribution in [1.82, 2.24) is 9.55 Å². The van der Waals surface area contributed by atoms with Gasteiger partial charge in [-0.25, -0.2) is 0 Å². The molecule has 0 radical (unpaired) electrons. The minimum atomic E-state index is 1.05. The van der Waals surface area contributed by atoms with Crippen molar-refractivity contribution in [3.63, 3.8) is 0 Å². The average Bonchev–Trinajstić information content (AvgIpc) is 3.46. The quantitative estimate of drug-likeness (QED) is 0.195. The maximum atomic E-state index is 4.27. The molecule has 7 rings (SSSR count). The number of pyridine rings is 1. The maximum Gasteiger partial charge on any atom is 0.0547 e. The molecule has 7 aromatic rings. The molecular formula is C44H45N3. The number of rotatable bonds is 5. The Balaban J connectivity index is 0.000000503. The smallest absolute Gasteiger partial charge is 0.0547 e. The lowest BCUT2D eigenvalue weighted by Crippen LogP contribution is -1.95. The SMILES string of the molecule is C/C=C\C.C=CC.C=Cc1c(Nc2ccccc2)ccc2cc3c(cc12)c1ccccc1n3-c1ccc(-c2cccnc2)cc1.CC. The first-order valence-corrected chi connectivity index (χ1v) is 16.2. The first-order chi connectivity index (χ1) is 23.1. The summed E-state index contributed by atoms with van der Waals surface area (Å²) in [4.78, 5) is 4.27. The average molecular weight is 616 g/mol. The molecular weight excluding hydrogens is 571 g/mol. The highest BCUT2D eigenvalue weighted by Crippen LogP contribution is 2.38. The van der Waals surface area contributed by atoms with Crippen molar-refractivity contribution in [2.24, 2.45) is 0 Å². The van der Waals surface area contributed by atoms with Gasteiger partial charge >= 0.3 is 0 Å². The summed E-state index contributed by atoms with van der Waals surface area (Å²) in [5, 5.41) is 8.40. The van der Waals surface area contributed by atoms with Gasteiger partial charge in [-0.2, -0.15) is 0 Å². The molecule has 0 saturated heterocycles. The molecule has 0 saturated carbocycles. The van der Waals surface area contributed by atoms with Crippen LogP contribution in [0.2, 0.25) is 0 Å². The van der Waals surface area contributed by atoms with E-state index < -0.39 is 0 Å². The molecule has 0 aliphatic heterocycles. The van der Waals surface area contributed by atoms with Crippen LogP contribution in [0.5, 0.6) is 0 Å². The highest BCUT2D eigenvalue weighted by Gasteiger charge is 2.15. The van der Waals surface area contributed by atoms with Crippen molar-refractivity contribution >= 4 is 50.0 Å². The van der Waals surface area contributed by atoms with E-state index in [2.05, 4.69) is 119 Å².